The number of ether oxygens (including phenoxy) is 3. The Labute approximate surface area is 402 Å². The Morgan fingerprint density at radius 1 is 0.657 bits per heavy atom. The third-order valence-electron chi connectivity index (χ3n) is 11.4. The highest BCUT2D eigenvalue weighted by molar-refractivity contribution is 7.49. The van der Waals surface area contributed by atoms with Gasteiger partial charge in [0, 0.05) is 29.0 Å². The number of imidazole rings is 2. The van der Waals surface area contributed by atoms with Crippen molar-refractivity contribution in [1.82, 2.24) is 39.0 Å². The first-order chi connectivity index (χ1) is 34.1. The van der Waals surface area contributed by atoms with Gasteiger partial charge in [0.2, 0.25) is 0 Å². The summed E-state index contributed by atoms with van der Waals surface area (Å²) in [5.41, 5.74) is 2.24. The molecule has 70 heavy (non-hydrogen) atoms. The van der Waals surface area contributed by atoms with Gasteiger partial charge < -0.3 is 34.5 Å². The molecule has 23 heteroatoms. The molecule has 8 aromatic rings. The van der Waals surface area contributed by atoms with Gasteiger partial charge in [0.25, 0.3) is 11.8 Å². The molecule has 3 N–H and O–H groups in total. The van der Waals surface area contributed by atoms with E-state index in [2.05, 4.69) is 40.5 Å². The van der Waals surface area contributed by atoms with Crippen LogP contribution in [0.15, 0.2) is 141 Å². The minimum absolute atomic E-state index is 0.00755. The van der Waals surface area contributed by atoms with Crippen molar-refractivity contribution in [3.05, 3.63) is 162 Å². The Bertz CT molecular complexity index is 3210. The highest BCUT2D eigenvalue weighted by atomic mass is 35.5. The lowest BCUT2D eigenvalue weighted by atomic mass is 10.1. The number of aliphatic hydroxyl groups is 1. The minimum Gasteiger partial charge on any atom is -0.456 e. The molecule has 0 saturated carbocycles. The van der Waals surface area contributed by atoms with Gasteiger partial charge in [-0.1, -0.05) is 66.2 Å². The monoisotopic (exact) mass is 986 g/mol. The lowest BCUT2D eigenvalue weighted by Gasteiger charge is -2.26. The largest absolute Gasteiger partial charge is 0.530 e. The van der Waals surface area contributed by atoms with Gasteiger partial charge in [0.1, 0.15) is 55.3 Å². The average molecular weight is 987 g/mol. The highest BCUT2D eigenvalue weighted by Crippen LogP contribution is 2.54. The predicted octanol–water partition coefficient (Wildman–Crippen LogP) is 7.21. The number of phosphoric ester groups is 1. The van der Waals surface area contributed by atoms with Crippen LogP contribution < -0.4 is 15.2 Å². The van der Waals surface area contributed by atoms with Crippen LogP contribution in [0.4, 0.5) is 11.6 Å². The van der Waals surface area contributed by atoms with Gasteiger partial charge in [-0.25, -0.2) is 39.3 Å². The van der Waals surface area contributed by atoms with E-state index in [1.54, 1.807) is 100 Å². The molecule has 2 fully saturated rings. The van der Waals surface area contributed by atoms with Crippen molar-refractivity contribution in [2.75, 3.05) is 23.8 Å². The summed E-state index contributed by atoms with van der Waals surface area (Å²) >= 11 is 6.17. The van der Waals surface area contributed by atoms with E-state index < -0.39 is 75.7 Å². The van der Waals surface area contributed by atoms with Crippen molar-refractivity contribution >= 4 is 71.2 Å². The zero-order valence-electron chi connectivity index (χ0n) is 36.5. The molecule has 21 nitrogen and oxygen atoms in total. The summed E-state index contributed by atoms with van der Waals surface area (Å²) in [5.74, 6) is -1.06. The summed E-state index contributed by atoms with van der Waals surface area (Å²) in [6.07, 6.45) is -0.503. The normalized spacial score (nSPS) is 20.8. The molecule has 0 aliphatic carbocycles. The maximum Gasteiger partial charge on any atom is 0.530 e. The van der Waals surface area contributed by atoms with Crippen LogP contribution in [-0.4, -0.2) is 99.6 Å². The smallest absolute Gasteiger partial charge is 0.456 e. The number of nitrogens with one attached hydrogen (secondary N) is 2. The Kier molecular flexibility index (Phi) is 13.4. The summed E-state index contributed by atoms with van der Waals surface area (Å²) in [7, 11) is -4.73. The van der Waals surface area contributed by atoms with Crippen molar-refractivity contribution < 1.29 is 51.8 Å². The fourth-order valence-electron chi connectivity index (χ4n) is 7.95. The lowest BCUT2D eigenvalue weighted by Crippen LogP contribution is -2.32. The lowest BCUT2D eigenvalue weighted by molar-refractivity contribution is -0.0578. The van der Waals surface area contributed by atoms with Crippen molar-refractivity contribution in [1.29, 1.82) is 0 Å². The topological polar surface area (TPSA) is 255 Å². The van der Waals surface area contributed by atoms with Crippen LogP contribution in [0.5, 0.6) is 5.75 Å². The fraction of sp³-hybridized carbons (Fsp3) is 0.213. The number of hydrogen-bond acceptors (Lipinski definition) is 17. The molecule has 4 aromatic carbocycles. The van der Waals surface area contributed by atoms with Crippen molar-refractivity contribution in [3.8, 4) is 5.75 Å². The number of aliphatic hydroxyl groups excluding tert-OH is 1. The first-order valence-corrected chi connectivity index (χ1v) is 23.6. The Morgan fingerprint density at radius 3 is 1.69 bits per heavy atom. The van der Waals surface area contributed by atoms with Crippen molar-refractivity contribution in [2.24, 2.45) is 0 Å². The second kappa shape index (κ2) is 20.2. The van der Waals surface area contributed by atoms with E-state index in [9.17, 15) is 19.5 Å². The van der Waals surface area contributed by atoms with Gasteiger partial charge in [-0.05, 0) is 60.7 Å². The number of aromatic nitrogens is 8. The van der Waals surface area contributed by atoms with Crippen LogP contribution in [0.3, 0.4) is 0 Å². The van der Waals surface area contributed by atoms with Gasteiger partial charge >= 0.3 is 13.8 Å². The maximum absolute atomic E-state index is 15.0. The summed E-state index contributed by atoms with van der Waals surface area (Å²) in [6.45, 7) is -1.07. The number of nitrogens with zero attached hydrogens (tertiary/aromatic N) is 8. The number of halogens is 1. The molecular formula is C47H40ClN10O11P. The zero-order valence-corrected chi connectivity index (χ0v) is 38.2. The van der Waals surface area contributed by atoms with E-state index >= 15 is 4.57 Å². The fourth-order valence-corrected chi connectivity index (χ4v) is 9.50. The summed E-state index contributed by atoms with van der Waals surface area (Å²) in [4.78, 5) is 65.9. The van der Waals surface area contributed by atoms with Gasteiger partial charge in [-0.2, -0.15) is 0 Å². The van der Waals surface area contributed by atoms with Crippen molar-refractivity contribution in [3.63, 3.8) is 0 Å². The van der Waals surface area contributed by atoms with E-state index in [0.29, 0.717) is 27.4 Å². The van der Waals surface area contributed by atoms with E-state index in [0.717, 1.165) is 0 Å². The Morgan fingerprint density at radius 2 is 1.16 bits per heavy atom. The van der Waals surface area contributed by atoms with Crippen molar-refractivity contribution in [2.45, 2.75) is 49.7 Å². The summed E-state index contributed by atoms with van der Waals surface area (Å²) in [5, 5.41) is 16.5. The molecule has 6 heterocycles. The molecule has 7 atom stereocenters. The number of fused-ring (bicyclic) bond motifs is 2. The number of anilines is 2. The average Bonchev–Trinajstić information content (AvgIpc) is 4.20. The second-order valence-electron chi connectivity index (χ2n) is 15.9. The van der Waals surface area contributed by atoms with Crippen LogP contribution in [-0.2, 0) is 27.8 Å². The number of esters is 1. The van der Waals surface area contributed by atoms with Crippen LogP contribution in [0.2, 0.25) is 5.02 Å². The number of phosphoric acid groups is 1. The standard InChI is InChI=1S/C47H40ClN10O11P/c48-31-16-18-32(19-17-31)68-70(63,69-34-21-38(65-35(34)22-59)58-27-54-40-42(50-25-52-44(40)58)56-46(61)29-12-6-2-7-13-29)64-23-36-33(67-47(62)30-14-8-3-9-15-30)20-37(66-36)57-26-53-39-41(49-24-51-43(39)57)55-45(60)28-10-4-1-5-11-28/h1-19,24-27,33-38,59H,20-23H2,(H,49,51,55,60)(H,50,52,56,61). The molecule has 2 amide bonds. The molecule has 2 aliphatic rings. The molecule has 2 aliphatic heterocycles. The third-order valence-corrected chi connectivity index (χ3v) is 13.1. The molecule has 356 valence electrons. The molecular weight excluding hydrogens is 947 g/mol. The molecule has 7 unspecified atom stereocenters. The molecule has 0 bridgehead atoms. The van der Waals surface area contributed by atoms with E-state index in [-0.39, 0.29) is 46.8 Å². The first-order valence-electron chi connectivity index (χ1n) is 21.7. The molecule has 10 rings (SSSR count). The third kappa shape index (κ3) is 9.98. The van der Waals surface area contributed by atoms with Crippen LogP contribution in [0.1, 0.15) is 56.4 Å². The predicted molar refractivity (Wildman–Crippen MR) is 250 cm³/mol. The van der Waals surface area contributed by atoms with Crippen LogP contribution in [0, 0.1) is 0 Å². The first kappa shape index (κ1) is 46.2. The van der Waals surface area contributed by atoms with Gasteiger partial charge in [-0.3, -0.25) is 27.8 Å². The van der Waals surface area contributed by atoms with Crippen LogP contribution in [0.25, 0.3) is 22.3 Å². The number of carbonyl (C=O) groups is 3. The number of hydrogen-bond donors (Lipinski definition) is 3. The minimum atomic E-state index is -4.73. The molecule has 0 radical (unpaired) electrons. The number of amides is 2. The molecule has 4 aromatic heterocycles. The molecule has 0 spiro atoms. The maximum atomic E-state index is 15.0. The molecule has 2 saturated heterocycles. The Balaban J connectivity index is 0.901. The zero-order chi connectivity index (χ0) is 48.2. The SMILES string of the molecule is O=C(Nc1ncnc2c1ncn2C1CC(OC(=O)c2ccccc2)C(COP(=O)(Oc2ccc(Cl)cc2)OC2CC(n3cnc4c(NC(=O)c5ccccc5)ncnc43)OC2CO)O1)c1ccccc1. The number of carbonyl (C=O) groups excluding carboxylic acids is 3. The van der Waals surface area contributed by atoms with Gasteiger partial charge in [-0.15, -0.1) is 0 Å². The highest BCUT2D eigenvalue weighted by Gasteiger charge is 2.46. The van der Waals surface area contributed by atoms with Gasteiger partial charge in [0.15, 0.2) is 34.0 Å². The second-order valence-corrected chi connectivity index (χ2v) is 17.9. The number of rotatable bonds is 16. The summed E-state index contributed by atoms with van der Waals surface area (Å²) in [6, 6.07) is 31.6. The van der Waals surface area contributed by atoms with E-state index in [4.69, 9.17) is 39.4 Å². The van der Waals surface area contributed by atoms with E-state index in [1.165, 1.54) is 49.6 Å². The van der Waals surface area contributed by atoms with Gasteiger partial charge in [0.05, 0.1) is 31.4 Å². The number of benzene rings is 4. The van der Waals surface area contributed by atoms with E-state index in [1.807, 2.05) is 0 Å². The Hall–Kier alpha value is -7.49. The van der Waals surface area contributed by atoms with Crippen LogP contribution >= 0.6 is 19.4 Å². The summed E-state index contributed by atoms with van der Waals surface area (Å²) < 4.78 is 55.3. The quantitative estimate of drug-likeness (QED) is 0.0638.